The molecular formula is C27H33N5O2. The van der Waals surface area contributed by atoms with Gasteiger partial charge in [0.05, 0.1) is 30.3 Å². The summed E-state index contributed by atoms with van der Waals surface area (Å²) in [5, 5.41) is 8.57. The molecule has 0 saturated carbocycles. The van der Waals surface area contributed by atoms with Crippen LogP contribution in [0.4, 0.5) is 0 Å². The third-order valence-electron chi connectivity index (χ3n) is 7.17. The maximum Gasteiger partial charge on any atom is 0.256 e. The van der Waals surface area contributed by atoms with Gasteiger partial charge in [-0.2, -0.15) is 15.0 Å². The zero-order chi connectivity index (χ0) is 23.5. The molecule has 3 heterocycles. The van der Waals surface area contributed by atoms with Gasteiger partial charge in [0.2, 0.25) is 0 Å². The summed E-state index contributed by atoms with van der Waals surface area (Å²) in [7, 11) is 0. The van der Waals surface area contributed by atoms with Crippen molar-refractivity contribution < 1.29 is 9.53 Å². The highest BCUT2D eigenvalue weighted by Gasteiger charge is 2.33. The molecule has 1 saturated heterocycles. The molecular weight excluding hydrogens is 426 g/mol. The van der Waals surface area contributed by atoms with Crippen LogP contribution in [0.2, 0.25) is 0 Å². The molecule has 178 valence electrons. The first-order valence-electron chi connectivity index (χ1n) is 12.4. The van der Waals surface area contributed by atoms with Crippen molar-refractivity contribution in [1.82, 2.24) is 19.9 Å². The number of hydrogen-bond acceptors (Lipinski definition) is 5. The number of hydrogen-bond donors (Lipinski definition) is 0. The molecule has 5 rings (SSSR count). The molecule has 1 aromatic heterocycles. The Morgan fingerprint density at radius 1 is 1.18 bits per heavy atom. The molecule has 0 aromatic carbocycles. The Kier molecular flexibility index (Phi) is 6.72. The van der Waals surface area contributed by atoms with Crippen molar-refractivity contribution in [3.63, 3.8) is 0 Å². The molecule has 4 aliphatic rings. The summed E-state index contributed by atoms with van der Waals surface area (Å²) in [6.07, 6.45) is 23.6. The highest BCUT2D eigenvalue weighted by atomic mass is 16.5. The summed E-state index contributed by atoms with van der Waals surface area (Å²) >= 11 is 0. The van der Waals surface area contributed by atoms with Crippen LogP contribution in [0.25, 0.3) is 5.70 Å². The second-order valence-corrected chi connectivity index (χ2v) is 9.76. The summed E-state index contributed by atoms with van der Waals surface area (Å²) in [4.78, 5) is 22.1. The van der Waals surface area contributed by atoms with Crippen LogP contribution >= 0.6 is 0 Å². The fourth-order valence-electron chi connectivity index (χ4n) is 5.22. The Labute approximate surface area is 201 Å². The molecule has 34 heavy (non-hydrogen) atoms. The monoisotopic (exact) mass is 459 g/mol. The van der Waals surface area contributed by atoms with Crippen LogP contribution in [0.1, 0.15) is 39.5 Å². The fraction of sp³-hybridized carbons (Fsp3) is 0.481. The molecule has 0 N–H and O–H groups in total. The summed E-state index contributed by atoms with van der Waals surface area (Å²) < 4.78 is 6.34. The number of nitrogens with zero attached hydrogens (tertiary/aromatic N) is 5. The predicted molar refractivity (Wildman–Crippen MR) is 133 cm³/mol. The van der Waals surface area contributed by atoms with Crippen molar-refractivity contribution in [2.45, 2.75) is 51.8 Å². The number of aromatic nitrogens is 3. The van der Waals surface area contributed by atoms with Gasteiger partial charge in [-0.05, 0) is 43.8 Å². The van der Waals surface area contributed by atoms with Crippen LogP contribution in [-0.2, 0) is 9.53 Å². The molecule has 7 heteroatoms. The molecule has 2 aliphatic carbocycles. The number of carbonyl (C=O) groups is 1. The molecule has 0 bridgehead atoms. The van der Waals surface area contributed by atoms with Gasteiger partial charge < -0.3 is 9.64 Å². The molecule has 7 nitrogen and oxygen atoms in total. The zero-order valence-electron chi connectivity index (χ0n) is 20.0. The molecule has 0 spiro atoms. The van der Waals surface area contributed by atoms with Gasteiger partial charge in [0.15, 0.2) is 6.23 Å². The lowest BCUT2D eigenvalue weighted by atomic mass is 9.91. The van der Waals surface area contributed by atoms with E-state index in [1.54, 1.807) is 17.2 Å². The van der Waals surface area contributed by atoms with E-state index < -0.39 is 0 Å². The number of ether oxygens (including phenoxy) is 1. The standard InChI is InChI=1S/C27H33N5O2/c1-19-10-11-25(32-29-14-15-30-32)24(16-19)27(33)31-17-21(7-5-6-20(31)2)18-34-26-23-9-4-3-8-22(23)12-13-28-26/h3-4,8-9,11-16,19-21,23,26H,5-7,10,17-18H2,1-2H3. The number of dihydropyridines is 1. The topological polar surface area (TPSA) is 72.6 Å². The third-order valence-corrected chi connectivity index (χ3v) is 7.17. The molecule has 1 fully saturated rings. The van der Waals surface area contributed by atoms with Crippen LogP contribution in [0.3, 0.4) is 0 Å². The van der Waals surface area contributed by atoms with E-state index in [1.165, 1.54) is 5.57 Å². The van der Waals surface area contributed by atoms with Crippen molar-refractivity contribution in [2.24, 2.45) is 22.7 Å². The minimum Gasteiger partial charge on any atom is -0.355 e. The summed E-state index contributed by atoms with van der Waals surface area (Å²) in [6, 6.07) is 0.177. The van der Waals surface area contributed by atoms with E-state index >= 15 is 0 Å². The van der Waals surface area contributed by atoms with Gasteiger partial charge in [-0.1, -0.05) is 49.8 Å². The van der Waals surface area contributed by atoms with E-state index in [4.69, 9.17) is 4.74 Å². The first kappa shape index (κ1) is 22.7. The quantitative estimate of drug-likeness (QED) is 0.662. The summed E-state index contributed by atoms with van der Waals surface area (Å²) in [5.41, 5.74) is 2.72. The number of likely N-dealkylation sites (tertiary alicyclic amines) is 1. The molecule has 5 atom stereocenters. The molecule has 0 radical (unpaired) electrons. The lowest BCUT2D eigenvalue weighted by molar-refractivity contribution is -0.129. The second-order valence-electron chi connectivity index (χ2n) is 9.76. The molecule has 2 aliphatic heterocycles. The molecule has 5 unspecified atom stereocenters. The first-order valence-corrected chi connectivity index (χ1v) is 12.4. The number of rotatable bonds is 5. The number of allylic oxidation sites excluding steroid dienone is 6. The Balaban J connectivity index is 1.29. The smallest absolute Gasteiger partial charge is 0.256 e. The maximum absolute atomic E-state index is 13.9. The lowest BCUT2D eigenvalue weighted by Gasteiger charge is -2.33. The Morgan fingerprint density at radius 2 is 2.03 bits per heavy atom. The minimum atomic E-state index is -0.201. The summed E-state index contributed by atoms with van der Waals surface area (Å²) in [5.74, 6) is 0.818. The third kappa shape index (κ3) is 4.75. The predicted octanol–water partition coefficient (Wildman–Crippen LogP) is 4.20. The van der Waals surface area contributed by atoms with E-state index in [0.29, 0.717) is 24.6 Å². The highest BCUT2D eigenvalue weighted by molar-refractivity contribution is 6.05. The number of carbonyl (C=O) groups excluding carboxylic acids is 1. The fourth-order valence-corrected chi connectivity index (χ4v) is 5.22. The Hall–Kier alpha value is -3.06. The first-order chi connectivity index (χ1) is 16.6. The van der Waals surface area contributed by atoms with Gasteiger partial charge >= 0.3 is 0 Å². The van der Waals surface area contributed by atoms with Crippen molar-refractivity contribution >= 4 is 17.8 Å². The average molecular weight is 460 g/mol. The van der Waals surface area contributed by atoms with Gasteiger partial charge in [0.1, 0.15) is 0 Å². The van der Waals surface area contributed by atoms with Crippen LogP contribution in [0.5, 0.6) is 0 Å². The van der Waals surface area contributed by atoms with E-state index in [1.807, 2.05) is 11.1 Å². The van der Waals surface area contributed by atoms with Crippen LogP contribution in [-0.4, -0.2) is 57.4 Å². The lowest BCUT2D eigenvalue weighted by Crippen LogP contribution is -2.43. The molecule has 1 amide bonds. The SMILES string of the molecule is CC1C=C(C(=O)N2CC(COC3N=CC=C4C=CC=CC43)CCCC2C)C(n2nccn2)=CC1. The average Bonchev–Trinajstić information content (AvgIpc) is 3.32. The van der Waals surface area contributed by atoms with Crippen molar-refractivity contribution in [1.29, 1.82) is 0 Å². The van der Waals surface area contributed by atoms with Crippen molar-refractivity contribution in [3.8, 4) is 0 Å². The van der Waals surface area contributed by atoms with Gasteiger partial charge in [-0.3, -0.25) is 9.79 Å². The van der Waals surface area contributed by atoms with Crippen molar-refractivity contribution in [2.75, 3.05) is 13.2 Å². The maximum atomic E-state index is 13.9. The van der Waals surface area contributed by atoms with Crippen LogP contribution < -0.4 is 0 Å². The van der Waals surface area contributed by atoms with Gasteiger partial charge in [-0.25, -0.2) is 0 Å². The number of fused-ring (bicyclic) bond motifs is 1. The van der Waals surface area contributed by atoms with Gasteiger partial charge in [0.25, 0.3) is 5.91 Å². The number of aliphatic imine (C=N–C) groups is 1. The summed E-state index contributed by atoms with van der Waals surface area (Å²) in [6.45, 7) is 5.58. The zero-order valence-corrected chi connectivity index (χ0v) is 20.0. The van der Waals surface area contributed by atoms with Crippen LogP contribution in [0, 0.1) is 17.8 Å². The van der Waals surface area contributed by atoms with E-state index in [-0.39, 0.29) is 30.0 Å². The van der Waals surface area contributed by atoms with E-state index in [0.717, 1.165) is 31.4 Å². The van der Waals surface area contributed by atoms with E-state index in [2.05, 4.69) is 71.6 Å². The van der Waals surface area contributed by atoms with Gasteiger partial charge in [-0.15, -0.1) is 0 Å². The minimum absolute atomic E-state index is 0.0655. The Morgan fingerprint density at radius 3 is 2.88 bits per heavy atom. The number of amides is 1. The van der Waals surface area contributed by atoms with Crippen molar-refractivity contribution in [3.05, 3.63) is 66.1 Å². The van der Waals surface area contributed by atoms with E-state index in [9.17, 15) is 4.79 Å². The normalized spacial score (nSPS) is 30.8. The highest BCUT2D eigenvalue weighted by Crippen LogP contribution is 2.31. The molecule has 1 aromatic rings. The van der Waals surface area contributed by atoms with Crippen LogP contribution in [0.15, 0.2) is 71.1 Å². The largest absolute Gasteiger partial charge is 0.355 e. The second kappa shape index (κ2) is 10.1. The Bertz CT molecular complexity index is 1080. The van der Waals surface area contributed by atoms with Gasteiger partial charge in [0, 0.05) is 30.6 Å².